The second kappa shape index (κ2) is 9.85. The molecule has 0 bridgehead atoms. The van der Waals surface area contributed by atoms with Crippen molar-refractivity contribution in [2.24, 2.45) is 0 Å². The van der Waals surface area contributed by atoms with Crippen LogP contribution in [0, 0.1) is 6.92 Å². The van der Waals surface area contributed by atoms with Gasteiger partial charge in [-0.3, -0.25) is 4.79 Å². The van der Waals surface area contributed by atoms with Crippen molar-refractivity contribution in [1.29, 1.82) is 0 Å². The third kappa shape index (κ3) is 5.66. The molecule has 3 aromatic rings. The van der Waals surface area contributed by atoms with Crippen LogP contribution in [0.5, 0.6) is 5.75 Å². The van der Waals surface area contributed by atoms with E-state index in [0.29, 0.717) is 19.4 Å². The molecule has 0 saturated heterocycles. The van der Waals surface area contributed by atoms with E-state index in [4.69, 9.17) is 4.74 Å². The number of ether oxygens (including phenoxy) is 1. The maximum atomic E-state index is 12.1. The van der Waals surface area contributed by atoms with Gasteiger partial charge in [-0.05, 0) is 59.0 Å². The minimum absolute atomic E-state index is 0.0708. The van der Waals surface area contributed by atoms with Gasteiger partial charge in [0.15, 0.2) is 0 Å². The van der Waals surface area contributed by atoms with Gasteiger partial charge in [-0.15, -0.1) is 11.3 Å². The first-order valence-electron chi connectivity index (χ1n) is 9.15. The number of halogens is 1. The van der Waals surface area contributed by atoms with E-state index in [1.807, 2.05) is 25.1 Å². The monoisotopic (exact) mass is 458 g/mol. The van der Waals surface area contributed by atoms with Crippen LogP contribution in [-0.4, -0.2) is 24.5 Å². The van der Waals surface area contributed by atoms with E-state index >= 15 is 0 Å². The molecule has 0 saturated carbocycles. The second-order valence-corrected chi connectivity index (χ2v) is 8.43. The van der Waals surface area contributed by atoms with Crippen molar-refractivity contribution >= 4 is 33.2 Å². The molecule has 0 spiro atoms. The van der Waals surface area contributed by atoms with E-state index in [0.717, 1.165) is 38.5 Å². The highest BCUT2D eigenvalue weighted by molar-refractivity contribution is 9.10. The molecule has 1 amide bonds. The van der Waals surface area contributed by atoms with Crippen molar-refractivity contribution in [1.82, 2.24) is 10.3 Å². The van der Waals surface area contributed by atoms with Crippen LogP contribution in [0.2, 0.25) is 0 Å². The number of thiazole rings is 1. The lowest BCUT2D eigenvalue weighted by Gasteiger charge is -2.08. The number of nitrogens with one attached hydrogen (secondary N) is 1. The van der Waals surface area contributed by atoms with Gasteiger partial charge < -0.3 is 10.1 Å². The Hall–Kier alpha value is -2.18. The topological polar surface area (TPSA) is 51.2 Å². The molecule has 0 unspecified atom stereocenters. The van der Waals surface area contributed by atoms with E-state index in [2.05, 4.69) is 55.9 Å². The van der Waals surface area contributed by atoms with E-state index in [1.165, 1.54) is 5.56 Å². The van der Waals surface area contributed by atoms with Gasteiger partial charge in [-0.25, -0.2) is 4.98 Å². The number of carbonyl (C=O) groups is 1. The fourth-order valence-corrected chi connectivity index (χ4v) is 4.11. The number of carbonyl (C=O) groups excluding carboxylic acids is 1. The van der Waals surface area contributed by atoms with Gasteiger partial charge in [0.2, 0.25) is 5.91 Å². The highest BCUT2D eigenvalue weighted by Gasteiger charge is 2.06. The average Bonchev–Trinajstić information content (AvgIpc) is 3.13. The molecular formula is C22H23BrN2O2S. The Labute approximate surface area is 178 Å². The molecule has 1 aromatic heterocycles. The predicted octanol–water partition coefficient (Wildman–Crippen LogP) is 5.18. The van der Waals surface area contributed by atoms with Crippen molar-refractivity contribution in [3.05, 3.63) is 68.5 Å². The SMILES string of the molecule is COc1ccc(CCC(=O)NCCc2ccc(-c3csc(C)n3)cc2)cc1Br. The summed E-state index contributed by atoms with van der Waals surface area (Å²) in [5.41, 5.74) is 4.46. The number of hydrogen-bond acceptors (Lipinski definition) is 4. The summed E-state index contributed by atoms with van der Waals surface area (Å²) < 4.78 is 6.13. The Morgan fingerprint density at radius 1 is 1.14 bits per heavy atom. The lowest BCUT2D eigenvalue weighted by atomic mass is 10.1. The molecule has 0 atom stereocenters. The molecule has 0 aliphatic carbocycles. The van der Waals surface area contributed by atoms with Crippen LogP contribution < -0.4 is 10.1 Å². The Kier molecular flexibility index (Phi) is 7.23. The second-order valence-electron chi connectivity index (χ2n) is 6.52. The number of amides is 1. The molecule has 28 heavy (non-hydrogen) atoms. The molecule has 0 radical (unpaired) electrons. The molecule has 3 rings (SSSR count). The van der Waals surface area contributed by atoms with Gasteiger partial charge in [0.25, 0.3) is 0 Å². The van der Waals surface area contributed by atoms with Gasteiger partial charge >= 0.3 is 0 Å². The summed E-state index contributed by atoms with van der Waals surface area (Å²) in [6.45, 7) is 2.65. The Morgan fingerprint density at radius 3 is 2.54 bits per heavy atom. The van der Waals surface area contributed by atoms with E-state index < -0.39 is 0 Å². The molecule has 0 aliphatic rings. The van der Waals surface area contributed by atoms with E-state index in [-0.39, 0.29) is 5.91 Å². The Morgan fingerprint density at radius 2 is 1.89 bits per heavy atom. The van der Waals surface area contributed by atoms with Gasteiger partial charge in [-0.1, -0.05) is 30.3 Å². The van der Waals surface area contributed by atoms with Crippen LogP contribution in [-0.2, 0) is 17.6 Å². The maximum Gasteiger partial charge on any atom is 0.220 e. The number of aryl methyl sites for hydroxylation is 2. The Balaban J connectivity index is 1.42. The largest absolute Gasteiger partial charge is 0.496 e. The van der Waals surface area contributed by atoms with E-state index in [1.54, 1.807) is 18.4 Å². The molecule has 6 heteroatoms. The summed E-state index contributed by atoms with van der Waals surface area (Å²) in [7, 11) is 1.64. The first kappa shape index (κ1) is 20.6. The molecular weight excluding hydrogens is 436 g/mol. The van der Waals surface area contributed by atoms with Crippen LogP contribution in [0.4, 0.5) is 0 Å². The zero-order valence-electron chi connectivity index (χ0n) is 16.0. The van der Waals surface area contributed by atoms with Crippen molar-refractivity contribution in [2.75, 3.05) is 13.7 Å². The number of methoxy groups -OCH3 is 1. The van der Waals surface area contributed by atoms with Crippen molar-refractivity contribution < 1.29 is 9.53 Å². The average molecular weight is 459 g/mol. The van der Waals surface area contributed by atoms with Crippen LogP contribution in [0.1, 0.15) is 22.6 Å². The van der Waals surface area contributed by atoms with Gasteiger partial charge in [-0.2, -0.15) is 0 Å². The highest BCUT2D eigenvalue weighted by atomic mass is 79.9. The zero-order chi connectivity index (χ0) is 19.9. The van der Waals surface area contributed by atoms with Crippen LogP contribution in [0.25, 0.3) is 11.3 Å². The van der Waals surface area contributed by atoms with E-state index in [9.17, 15) is 4.79 Å². The smallest absolute Gasteiger partial charge is 0.220 e. The number of benzene rings is 2. The first-order chi connectivity index (χ1) is 13.5. The van der Waals surface area contributed by atoms with Gasteiger partial charge in [0.1, 0.15) is 5.75 Å². The van der Waals surface area contributed by atoms with Crippen molar-refractivity contribution in [3.63, 3.8) is 0 Å². The minimum atomic E-state index is 0.0708. The summed E-state index contributed by atoms with van der Waals surface area (Å²) >= 11 is 5.13. The standard InChI is InChI=1S/C22H23BrN2O2S/c1-15-25-20(14-28-15)18-7-3-16(4-8-18)11-12-24-22(26)10-6-17-5-9-21(27-2)19(23)13-17/h3-5,7-9,13-14H,6,10-12H2,1-2H3,(H,24,26). The maximum absolute atomic E-state index is 12.1. The first-order valence-corrected chi connectivity index (χ1v) is 10.8. The quantitative estimate of drug-likeness (QED) is 0.505. The van der Waals surface area contributed by atoms with Crippen LogP contribution >= 0.6 is 27.3 Å². The molecule has 1 heterocycles. The predicted molar refractivity (Wildman–Crippen MR) is 118 cm³/mol. The lowest BCUT2D eigenvalue weighted by molar-refractivity contribution is -0.121. The lowest BCUT2D eigenvalue weighted by Crippen LogP contribution is -2.25. The summed E-state index contributed by atoms with van der Waals surface area (Å²) in [4.78, 5) is 16.6. The number of rotatable bonds is 8. The molecule has 2 aromatic carbocycles. The summed E-state index contributed by atoms with van der Waals surface area (Å²) in [5, 5.41) is 6.15. The third-order valence-electron chi connectivity index (χ3n) is 4.46. The molecule has 4 nitrogen and oxygen atoms in total. The van der Waals surface area contributed by atoms with Crippen LogP contribution in [0.15, 0.2) is 52.3 Å². The number of hydrogen-bond donors (Lipinski definition) is 1. The fraction of sp³-hybridized carbons (Fsp3) is 0.273. The molecule has 0 aliphatic heterocycles. The molecule has 146 valence electrons. The fourth-order valence-electron chi connectivity index (χ4n) is 2.90. The number of nitrogens with zero attached hydrogens (tertiary/aromatic N) is 1. The third-order valence-corrected chi connectivity index (χ3v) is 5.85. The highest BCUT2D eigenvalue weighted by Crippen LogP contribution is 2.26. The Bertz CT molecular complexity index is 938. The summed E-state index contributed by atoms with van der Waals surface area (Å²) in [6, 6.07) is 14.3. The van der Waals surface area contributed by atoms with Crippen LogP contribution in [0.3, 0.4) is 0 Å². The zero-order valence-corrected chi connectivity index (χ0v) is 18.4. The summed E-state index contributed by atoms with van der Waals surface area (Å²) in [5.74, 6) is 0.866. The summed E-state index contributed by atoms with van der Waals surface area (Å²) in [6.07, 6.45) is 1.99. The van der Waals surface area contributed by atoms with Gasteiger partial charge in [0, 0.05) is 23.9 Å². The number of aromatic nitrogens is 1. The minimum Gasteiger partial charge on any atom is -0.496 e. The normalized spacial score (nSPS) is 10.7. The van der Waals surface area contributed by atoms with Crippen molar-refractivity contribution in [3.8, 4) is 17.0 Å². The van der Waals surface area contributed by atoms with Crippen molar-refractivity contribution in [2.45, 2.75) is 26.2 Å². The van der Waals surface area contributed by atoms with Gasteiger partial charge in [0.05, 0.1) is 22.3 Å². The molecule has 1 N–H and O–H groups in total. The molecule has 0 fully saturated rings.